The van der Waals surface area contributed by atoms with Gasteiger partial charge in [0, 0.05) is 66.7 Å². The first-order chi connectivity index (χ1) is 24.0. The zero-order chi connectivity index (χ0) is 35.7. The second-order valence-electron chi connectivity index (χ2n) is 13.0. The van der Waals surface area contributed by atoms with Crippen LogP contribution < -0.4 is 14.9 Å². The number of hydrogen-bond donors (Lipinski definition) is 2. The average Bonchev–Trinajstić information content (AvgIpc) is 3.11. The van der Waals surface area contributed by atoms with E-state index in [4.69, 9.17) is 0 Å². The third-order valence-corrected chi connectivity index (χ3v) is 12.4. The Morgan fingerprint density at radius 2 is 1.70 bits per heavy atom. The Kier molecular flexibility index (Phi) is 13.4. The molecule has 2 N–H and O–H groups in total. The van der Waals surface area contributed by atoms with Crippen molar-refractivity contribution in [1.29, 1.82) is 0 Å². The predicted molar refractivity (Wildman–Crippen MR) is 205 cm³/mol. The molecule has 1 aliphatic carbocycles. The molecule has 268 valence electrons. The minimum atomic E-state index is -4.40. The van der Waals surface area contributed by atoms with Crippen molar-refractivity contribution < 1.29 is 18.1 Å². The van der Waals surface area contributed by atoms with Crippen LogP contribution in [0.1, 0.15) is 42.5 Å². The van der Waals surface area contributed by atoms with E-state index in [9.17, 15) is 23.3 Å². The summed E-state index contributed by atoms with van der Waals surface area (Å²) in [4.78, 5) is 32.1. The molecule has 3 aromatic rings. The molecule has 1 saturated heterocycles. The topological polar surface area (TPSA) is 128 Å². The second kappa shape index (κ2) is 17.7. The van der Waals surface area contributed by atoms with Crippen LogP contribution in [-0.2, 0) is 10.0 Å². The second-order valence-corrected chi connectivity index (χ2v) is 16.7. The van der Waals surface area contributed by atoms with Crippen molar-refractivity contribution in [3.63, 3.8) is 0 Å². The Labute approximate surface area is 307 Å². The Morgan fingerprint density at radius 3 is 2.36 bits per heavy atom. The number of nitrogens with one attached hydrogen (secondary N) is 2. The highest BCUT2D eigenvalue weighted by molar-refractivity contribution is 9.11. The largest absolute Gasteiger partial charge is 0.376 e. The molecule has 50 heavy (non-hydrogen) atoms. The summed E-state index contributed by atoms with van der Waals surface area (Å²) in [7, 11) is -0.471. The maximum atomic E-state index is 13.3. The molecule has 1 fully saturated rings. The summed E-state index contributed by atoms with van der Waals surface area (Å²) >= 11 is 5.40. The van der Waals surface area contributed by atoms with E-state index in [-0.39, 0.29) is 27.9 Å². The van der Waals surface area contributed by atoms with Crippen molar-refractivity contribution in [3.05, 3.63) is 98.5 Å². The van der Waals surface area contributed by atoms with Crippen molar-refractivity contribution in [2.24, 2.45) is 0 Å². The van der Waals surface area contributed by atoms with E-state index in [1.807, 2.05) is 61.5 Å². The van der Waals surface area contributed by atoms with Gasteiger partial charge in [0.25, 0.3) is 21.6 Å². The summed E-state index contributed by atoms with van der Waals surface area (Å²) in [5.41, 5.74) is 2.49. The van der Waals surface area contributed by atoms with Crippen molar-refractivity contribution in [2.75, 3.05) is 69.3 Å². The molecule has 0 spiro atoms. The standard InChI is InChI=1S/C36H45BrN6O5S2/c1-40(2)19-18-29(26-49-31-9-4-3-5-10-31)38-34-17-16-32(24-35(34)43(45)46)50(47,48)39-36(44)27-12-14-30(15-13-27)42-22-20-41(21-23-42)25-28-8-6-7-11-33(28)37/h3-5,9-10,12-17,24,29,38H,6-8,11,18-23,25-26H2,1-2H3,(H,39,44)/t29-/m1/s1. The van der Waals surface area contributed by atoms with Crippen LogP contribution in [0.5, 0.6) is 0 Å². The van der Waals surface area contributed by atoms with Crippen LogP contribution in [0.25, 0.3) is 0 Å². The van der Waals surface area contributed by atoms with Gasteiger partial charge in [-0.05, 0) is 111 Å². The molecule has 3 aromatic carbocycles. The monoisotopic (exact) mass is 784 g/mol. The number of hydrogen-bond acceptors (Lipinski definition) is 10. The summed E-state index contributed by atoms with van der Waals surface area (Å²) in [6.07, 6.45) is 5.51. The molecule has 1 heterocycles. The Morgan fingerprint density at radius 1 is 1.00 bits per heavy atom. The summed E-state index contributed by atoms with van der Waals surface area (Å²) in [6.45, 7) is 5.35. The van der Waals surface area contributed by atoms with Gasteiger partial charge >= 0.3 is 0 Å². The molecule has 1 aliphatic heterocycles. The van der Waals surface area contributed by atoms with Crippen LogP contribution in [-0.4, -0.2) is 94.2 Å². The first kappa shape index (κ1) is 37.8. The molecule has 5 rings (SSSR count). The maximum Gasteiger partial charge on any atom is 0.293 e. The fraction of sp³-hybridized carbons (Fsp3) is 0.417. The van der Waals surface area contributed by atoms with E-state index < -0.39 is 20.9 Å². The SMILES string of the molecule is CN(C)CC[C@H](CSc1ccccc1)Nc1ccc(S(=O)(=O)NC(=O)c2ccc(N3CCN(CC4=C(Br)CCCC4)CC3)cc2)cc1[N+](=O)[O-]. The molecule has 0 saturated carbocycles. The smallest absolute Gasteiger partial charge is 0.293 e. The number of rotatable bonds is 15. The summed E-state index contributed by atoms with van der Waals surface area (Å²) in [5, 5.41) is 15.4. The molecule has 11 nitrogen and oxygen atoms in total. The van der Waals surface area contributed by atoms with Gasteiger partial charge < -0.3 is 15.1 Å². The van der Waals surface area contributed by atoms with Crippen LogP contribution in [0.4, 0.5) is 17.1 Å². The number of carbonyl (C=O) groups is 1. The van der Waals surface area contributed by atoms with Crippen molar-refractivity contribution in [1.82, 2.24) is 14.5 Å². The highest BCUT2D eigenvalue weighted by Gasteiger charge is 2.26. The number of nitrogens with zero attached hydrogens (tertiary/aromatic N) is 4. The van der Waals surface area contributed by atoms with Crippen molar-refractivity contribution in [2.45, 2.75) is 47.9 Å². The number of thioether (sulfide) groups is 1. The zero-order valence-corrected chi connectivity index (χ0v) is 31.7. The fourth-order valence-electron chi connectivity index (χ4n) is 6.09. The maximum absolute atomic E-state index is 13.3. The minimum absolute atomic E-state index is 0.128. The summed E-state index contributed by atoms with van der Waals surface area (Å²) in [6, 6.07) is 20.3. The van der Waals surface area contributed by atoms with E-state index >= 15 is 0 Å². The van der Waals surface area contributed by atoms with Gasteiger partial charge in [-0.1, -0.05) is 34.1 Å². The van der Waals surface area contributed by atoms with Gasteiger partial charge in [-0.3, -0.25) is 19.8 Å². The van der Waals surface area contributed by atoms with Crippen molar-refractivity contribution in [3.8, 4) is 0 Å². The molecular weight excluding hydrogens is 740 g/mol. The Balaban J connectivity index is 1.20. The number of anilines is 2. The number of amides is 1. The lowest BCUT2D eigenvalue weighted by molar-refractivity contribution is -0.384. The van der Waals surface area contributed by atoms with Gasteiger partial charge in [0.15, 0.2) is 0 Å². The molecule has 14 heteroatoms. The first-order valence-corrected chi connectivity index (χ1v) is 20.1. The zero-order valence-electron chi connectivity index (χ0n) is 28.5. The Hall–Kier alpha value is -3.43. The number of allylic oxidation sites excluding steroid dienone is 1. The molecule has 0 bridgehead atoms. The van der Waals surface area contributed by atoms with E-state index in [1.54, 1.807) is 23.9 Å². The highest BCUT2D eigenvalue weighted by Crippen LogP contribution is 2.31. The summed E-state index contributed by atoms with van der Waals surface area (Å²) in [5.74, 6) is -0.157. The van der Waals surface area contributed by atoms with Crippen LogP contribution in [0.15, 0.2) is 92.6 Å². The lowest BCUT2D eigenvalue weighted by Crippen LogP contribution is -2.47. The van der Waals surface area contributed by atoms with Gasteiger partial charge in [-0.25, -0.2) is 13.1 Å². The highest BCUT2D eigenvalue weighted by atomic mass is 79.9. The van der Waals surface area contributed by atoms with Crippen LogP contribution in [0.2, 0.25) is 0 Å². The number of carbonyl (C=O) groups excluding carboxylic acids is 1. The lowest BCUT2D eigenvalue weighted by Gasteiger charge is -2.37. The third-order valence-electron chi connectivity index (χ3n) is 8.97. The summed E-state index contributed by atoms with van der Waals surface area (Å²) < 4.78 is 30.0. The third kappa shape index (κ3) is 10.5. The quantitative estimate of drug-likeness (QED) is 0.0991. The van der Waals surface area contributed by atoms with E-state index in [0.29, 0.717) is 12.2 Å². The Bertz CT molecular complexity index is 1770. The lowest BCUT2D eigenvalue weighted by atomic mass is 9.99. The van der Waals surface area contributed by atoms with E-state index in [0.717, 1.165) is 68.8 Å². The van der Waals surface area contributed by atoms with Crippen LogP contribution >= 0.6 is 27.7 Å². The molecule has 0 unspecified atom stereocenters. The number of piperazine rings is 1. The first-order valence-electron chi connectivity index (χ1n) is 16.9. The van der Waals surface area contributed by atoms with Gasteiger partial charge in [-0.15, -0.1) is 11.8 Å². The van der Waals surface area contributed by atoms with E-state index in [1.165, 1.54) is 35.0 Å². The average molecular weight is 786 g/mol. The molecule has 1 atom stereocenters. The minimum Gasteiger partial charge on any atom is -0.376 e. The van der Waals surface area contributed by atoms with Gasteiger partial charge in [0.2, 0.25) is 0 Å². The van der Waals surface area contributed by atoms with Crippen LogP contribution in [0, 0.1) is 10.1 Å². The number of halogens is 1. The molecule has 0 aromatic heterocycles. The number of benzene rings is 3. The number of nitro groups is 1. The normalized spacial score (nSPS) is 16.4. The van der Waals surface area contributed by atoms with Gasteiger partial charge in [-0.2, -0.15) is 0 Å². The molecule has 2 aliphatic rings. The van der Waals surface area contributed by atoms with E-state index in [2.05, 4.69) is 35.8 Å². The van der Waals surface area contributed by atoms with Crippen molar-refractivity contribution >= 4 is 60.7 Å². The number of sulfonamides is 1. The predicted octanol–water partition coefficient (Wildman–Crippen LogP) is 6.58. The molecule has 0 radical (unpaired) electrons. The van der Waals surface area contributed by atoms with Gasteiger partial charge in [0.1, 0.15) is 5.69 Å². The molecular formula is C36H45BrN6O5S2. The molecule has 1 amide bonds. The number of nitro benzene ring substituents is 1. The van der Waals surface area contributed by atoms with Crippen LogP contribution in [0.3, 0.4) is 0 Å². The van der Waals surface area contributed by atoms with Gasteiger partial charge in [0.05, 0.1) is 9.82 Å². The fourth-order valence-corrected chi connectivity index (χ4v) is 8.68.